The molecule has 21 heavy (non-hydrogen) atoms. The normalized spacial score (nSPS) is 10.8. The SMILES string of the molecule is Nc1onc(-c2ccc(F)c(Cl)c2)c1-c1ccc(Cl)cc1. The molecule has 0 fully saturated rings. The molecule has 1 heterocycles. The number of hydrogen-bond donors (Lipinski definition) is 1. The molecule has 2 N–H and O–H groups in total. The van der Waals surface area contributed by atoms with E-state index in [4.69, 9.17) is 33.5 Å². The van der Waals surface area contributed by atoms with Gasteiger partial charge >= 0.3 is 0 Å². The van der Waals surface area contributed by atoms with E-state index in [0.29, 0.717) is 21.8 Å². The van der Waals surface area contributed by atoms with Gasteiger partial charge in [-0.3, -0.25) is 0 Å². The zero-order chi connectivity index (χ0) is 15.0. The first-order valence-electron chi connectivity index (χ1n) is 6.03. The Bertz CT molecular complexity index is 800. The van der Waals surface area contributed by atoms with Crippen LogP contribution in [-0.2, 0) is 0 Å². The second-order valence-electron chi connectivity index (χ2n) is 4.41. The monoisotopic (exact) mass is 322 g/mol. The summed E-state index contributed by atoms with van der Waals surface area (Å²) < 4.78 is 18.3. The molecule has 106 valence electrons. The summed E-state index contributed by atoms with van der Waals surface area (Å²) in [6.07, 6.45) is 0. The highest BCUT2D eigenvalue weighted by Gasteiger charge is 2.18. The van der Waals surface area contributed by atoms with Crippen molar-refractivity contribution >= 4 is 29.1 Å². The number of benzene rings is 2. The van der Waals surface area contributed by atoms with Gasteiger partial charge in [0.15, 0.2) is 0 Å². The van der Waals surface area contributed by atoms with Gasteiger partial charge in [-0.25, -0.2) is 4.39 Å². The Kier molecular flexibility index (Phi) is 3.57. The van der Waals surface area contributed by atoms with Crippen LogP contribution >= 0.6 is 23.2 Å². The molecule has 0 aliphatic carbocycles. The van der Waals surface area contributed by atoms with Crippen LogP contribution in [0.5, 0.6) is 0 Å². The first kappa shape index (κ1) is 13.9. The molecular formula is C15H9Cl2FN2O. The van der Waals surface area contributed by atoms with Crippen LogP contribution in [0, 0.1) is 5.82 Å². The fourth-order valence-corrected chi connectivity index (χ4v) is 2.35. The summed E-state index contributed by atoms with van der Waals surface area (Å²) in [6, 6.07) is 11.4. The molecule has 0 radical (unpaired) electrons. The lowest BCUT2D eigenvalue weighted by Crippen LogP contribution is -1.88. The Hall–Kier alpha value is -2.04. The maximum atomic E-state index is 13.3. The van der Waals surface area contributed by atoms with Gasteiger partial charge < -0.3 is 10.3 Å². The van der Waals surface area contributed by atoms with Crippen molar-refractivity contribution in [3.63, 3.8) is 0 Å². The molecule has 6 heteroatoms. The number of nitrogen functional groups attached to an aromatic ring is 1. The average Bonchev–Trinajstić information content (AvgIpc) is 2.85. The molecule has 3 aromatic rings. The van der Waals surface area contributed by atoms with Crippen molar-refractivity contribution in [2.75, 3.05) is 5.73 Å². The second kappa shape index (κ2) is 5.39. The van der Waals surface area contributed by atoms with Gasteiger partial charge in [-0.05, 0) is 35.9 Å². The summed E-state index contributed by atoms with van der Waals surface area (Å²) in [5, 5.41) is 4.56. The minimum atomic E-state index is -0.495. The van der Waals surface area contributed by atoms with Crippen molar-refractivity contribution in [2.24, 2.45) is 0 Å². The van der Waals surface area contributed by atoms with Crippen LogP contribution in [0.1, 0.15) is 0 Å². The lowest BCUT2D eigenvalue weighted by atomic mass is 10.0. The fraction of sp³-hybridized carbons (Fsp3) is 0. The van der Waals surface area contributed by atoms with Gasteiger partial charge in [0.2, 0.25) is 5.88 Å². The molecule has 2 aromatic carbocycles. The highest BCUT2D eigenvalue weighted by Crippen LogP contribution is 2.37. The van der Waals surface area contributed by atoms with E-state index in [1.165, 1.54) is 12.1 Å². The third kappa shape index (κ3) is 2.60. The van der Waals surface area contributed by atoms with E-state index in [2.05, 4.69) is 5.16 Å². The van der Waals surface area contributed by atoms with E-state index in [-0.39, 0.29) is 10.9 Å². The third-order valence-electron chi connectivity index (χ3n) is 3.04. The number of anilines is 1. The number of hydrogen-bond acceptors (Lipinski definition) is 3. The summed E-state index contributed by atoms with van der Waals surface area (Å²) >= 11 is 11.7. The molecule has 0 amide bonds. The lowest BCUT2D eigenvalue weighted by molar-refractivity contribution is 0.439. The predicted octanol–water partition coefficient (Wildman–Crippen LogP) is 5.04. The quantitative estimate of drug-likeness (QED) is 0.719. The standard InChI is InChI=1S/C15H9Cl2FN2O/c16-10-4-1-8(2-5-10)13-14(20-21-15(13)19)9-3-6-12(18)11(17)7-9/h1-7H,19H2. The minimum absolute atomic E-state index is 0.0103. The molecule has 0 aliphatic rings. The minimum Gasteiger partial charge on any atom is -0.367 e. The highest BCUT2D eigenvalue weighted by atomic mass is 35.5. The molecule has 0 saturated carbocycles. The van der Waals surface area contributed by atoms with Gasteiger partial charge in [-0.2, -0.15) is 0 Å². The van der Waals surface area contributed by atoms with Crippen molar-refractivity contribution < 1.29 is 8.91 Å². The maximum absolute atomic E-state index is 13.3. The molecule has 0 saturated heterocycles. The zero-order valence-corrected chi connectivity index (χ0v) is 12.1. The first-order valence-corrected chi connectivity index (χ1v) is 6.78. The number of halogens is 3. The fourth-order valence-electron chi connectivity index (χ4n) is 2.04. The van der Waals surface area contributed by atoms with E-state index >= 15 is 0 Å². The topological polar surface area (TPSA) is 52.0 Å². The molecule has 0 atom stereocenters. The molecule has 3 nitrogen and oxygen atoms in total. The van der Waals surface area contributed by atoms with Gasteiger partial charge in [0.05, 0.1) is 10.6 Å². The molecule has 0 bridgehead atoms. The van der Waals surface area contributed by atoms with Gasteiger partial charge in [0.25, 0.3) is 0 Å². The number of nitrogens with zero attached hydrogens (tertiary/aromatic N) is 1. The number of rotatable bonds is 2. The van der Waals surface area contributed by atoms with Crippen LogP contribution in [-0.4, -0.2) is 5.16 Å². The Labute approximate surface area is 130 Å². The van der Waals surface area contributed by atoms with E-state index in [1.54, 1.807) is 30.3 Å². The van der Waals surface area contributed by atoms with Crippen molar-refractivity contribution in [3.8, 4) is 22.4 Å². The van der Waals surface area contributed by atoms with E-state index in [9.17, 15) is 4.39 Å². The summed E-state index contributed by atoms with van der Waals surface area (Å²) in [4.78, 5) is 0. The van der Waals surface area contributed by atoms with E-state index in [1.807, 2.05) is 0 Å². The molecule has 0 spiro atoms. The van der Waals surface area contributed by atoms with Crippen LogP contribution in [0.2, 0.25) is 10.0 Å². The van der Waals surface area contributed by atoms with Crippen molar-refractivity contribution in [1.29, 1.82) is 0 Å². The van der Waals surface area contributed by atoms with Crippen LogP contribution in [0.15, 0.2) is 47.0 Å². The van der Waals surface area contributed by atoms with E-state index in [0.717, 1.165) is 5.56 Å². The highest BCUT2D eigenvalue weighted by molar-refractivity contribution is 6.31. The molecule has 0 aliphatic heterocycles. The van der Waals surface area contributed by atoms with Crippen molar-refractivity contribution in [3.05, 3.63) is 58.3 Å². The van der Waals surface area contributed by atoms with Gasteiger partial charge in [0, 0.05) is 10.6 Å². The van der Waals surface area contributed by atoms with Gasteiger partial charge in [0.1, 0.15) is 11.5 Å². The zero-order valence-electron chi connectivity index (χ0n) is 10.6. The van der Waals surface area contributed by atoms with Crippen LogP contribution in [0.25, 0.3) is 22.4 Å². The van der Waals surface area contributed by atoms with Crippen molar-refractivity contribution in [1.82, 2.24) is 5.16 Å². The largest absolute Gasteiger partial charge is 0.367 e. The molecule has 1 aromatic heterocycles. The summed E-state index contributed by atoms with van der Waals surface area (Å²) in [7, 11) is 0. The van der Waals surface area contributed by atoms with Gasteiger partial charge in [-0.15, -0.1) is 0 Å². The molecular weight excluding hydrogens is 314 g/mol. The van der Waals surface area contributed by atoms with Gasteiger partial charge in [-0.1, -0.05) is 40.5 Å². The Morgan fingerprint density at radius 3 is 2.33 bits per heavy atom. The third-order valence-corrected chi connectivity index (χ3v) is 3.59. The summed E-state index contributed by atoms with van der Waals surface area (Å²) in [6.45, 7) is 0. The predicted molar refractivity (Wildman–Crippen MR) is 81.8 cm³/mol. The Morgan fingerprint density at radius 2 is 1.67 bits per heavy atom. The smallest absolute Gasteiger partial charge is 0.230 e. The Balaban J connectivity index is 2.16. The molecule has 0 unspecified atom stereocenters. The average molecular weight is 323 g/mol. The molecule has 3 rings (SSSR count). The first-order chi connectivity index (χ1) is 10.1. The van der Waals surface area contributed by atoms with Crippen LogP contribution in [0.3, 0.4) is 0 Å². The maximum Gasteiger partial charge on any atom is 0.230 e. The van der Waals surface area contributed by atoms with Crippen LogP contribution in [0.4, 0.5) is 10.3 Å². The van der Waals surface area contributed by atoms with E-state index < -0.39 is 5.82 Å². The van der Waals surface area contributed by atoms with Crippen LogP contribution < -0.4 is 5.73 Å². The second-order valence-corrected chi connectivity index (χ2v) is 5.25. The Morgan fingerprint density at radius 1 is 1.00 bits per heavy atom. The summed E-state index contributed by atoms with van der Waals surface area (Å²) in [5.41, 5.74) is 8.38. The lowest BCUT2D eigenvalue weighted by Gasteiger charge is -2.04. The van der Waals surface area contributed by atoms with Crippen molar-refractivity contribution in [2.45, 2.75) is 0 Å². The number of nitrogens with two attached hydrogens (primary N) is 1. The number of aromatic nitrogens is 1. The summed E-state index contributed by atoms with van der Waals surface area (Å²) in [5.74, 6) is -0.322.